The minimum Gasteiger partial charge on any atom is -0.384 e. The Balaban J connectivity index is 1.98. The molecule has 9 heteroatoms. The normalized spacial score (nSPS) is 15.5. The van der Waals surface area contributed by atoms with Crippen molar-refractivity contribution in [3.63, 3.8) is 0 Å². The molecule has 3 rings (SSSR count). The zero-order valence-electron chi connectivity index (χ0n) is 20.1. The standard InChI is InChI=1S/C25H34N4O4S/c1-4-29(23-11-13-33-14-12-23)25-10-7-20(21(18-32-2)17-27-34(3,30)31)15-24(25)28-22-8-5-19(16-26)6-9-22/h5-10,15,21,23,27-28H,4,11-14,17-18H2,1-3H3/t21-/m1/s1. The summed E-state index contributed by atoms with van der Waals surface area (Å²) in [7, 11) is -1.71. The number of hydrogen-bond donors (Lipinski definition) is 2. The van der Waals surface area contributed by atoms with Crippen LogP contribution in [0, 0.1) is 11.3 Å². The van der Waals surface area contributed by atoms with Crippen molar-refractivity contribution in [1.29, 1.82) is 5.26 Å². The summed E-state index contributed by atoms with van der Waals surface area (Å²) in [4.78, 5) is 2.40. The SMILES string of the molecule is CCN(c1ccc([C@H](CNS(C)(=O)=O)COC)cc1Nc1ccc(C#N)cc1)C1CCOCC1. The number of hydrogen-bond acceptors (Lipinski definition) is 7. The molecule has 184 valence electrons. The molecule has 1 fully saturated rings. The van der Waals surface area contributed by atoms with Crippen LogP contribution in [-0.4, -0.2) is 60.7 Å². The van der Waals surface area contributed by atoms with Gasteiger partial charge in [-0.25, -0.2) is 13.1 Å². The first-order chi connectivity index (χ1) is 16.3. The van der Waals surface area contributed by atoms with E-state index in [1.165, 1.54) is 0 Å². The van der Waals surface area contributed by atoms with Crippen LogP contribution in [0.3, 0.4) is 0 Å². The highest BCUT2D eigenvalue weighted by atomic mass is 32.2. The molecular weight excluding hydrogens is 452 g/mol. The molecule has 2 N–H and O–H groups in total. The third kappa shape index (κ3) is 7.18. The van der Waals surface area contributed by atoms with E-state index >= 15 is 0 Å². The van der Waals surface area contributed by atoms with Crippen molar-refractivity contribution in [1.82, 2.24) is 4.72 Å². The lowest BCUT2D eigenvalue weighted by atomic mass is 9.97. The fraction of sp³-hybridized carbons (Fsp3) is 0.480. The van der Waals surface area contributed by atoms with Gasteiger partial charge in [-0.3, -0.25) is 0 Å². The van der Waals surface area contributed by atoms with E-state index in [9.17, 15) is 8.42 Å². The highest BCUT2D eigenvalue weighted by Gasteiger charge is 2.24. The van der Waals surface area contributed by atoms with Crippen molar-refractivity contribution in [2.45, 2.75) is 31.7 Å². The van der Waals surface area contributed by atoms with Crippen molar-refractivity contribution in [3.05, 3.63) is 53.6 Å². The van der Waals surface area contributed by atoms with Gasteiger partial charge in [-0.2, -0.15) is 5.26 Å². The third-order valence-electron chi connectivity index (χ3n) is 6.03. The molecule has 1 aliphatic rings. The number of nitrogens with one attached hydrogen (secondary N) is 2. The van der Waals surface area contributed by atoms with E-state index in [1.54, 1.807) is 19.2 Å². The summed E-state index contributed by atoms with van der Waals surface area (Å²) in [5, 5.41) is 12.6. The largest absolute Gasteiger partial charge is 0.384 e. The lowest BCUT2D eigenvalue weighted by Gasteiger charge is -2.37. The van der Waals surface area contributed by atoms with Gasteiger partial charge in [0.05, 0.1) is 35.9 Å². The number of methoxy groups -OCH3 is 1. The van der Waals surface area contributed by atoms with Crippen LogP contribution in [-0.2, 0) is 19.5 Å². The highest BCUT2D eigenvalue weighted by molar-refractivity contribution is 7.88. The number of nitrogens with zero attached hydrogens (tertiary/aromatic N) is 2. The van der Waals surface area contributed by atoms with Crippen molar-refractivity contribution in [3.8, 4) is 6.07 Å². The summed E-state index contributed by atoms with van der Waals surface area (Å²) in [6.45, 7) is 5.15. The molecule has 0 saturated carbocycles. The zero-order valence-corrected chi connectivity index (χ0v) is 20.9. The van der Waals surface area contributed by atoms with Gasteiger partial charge < -0.3 is 19.7 Å². The second-order valence-corrected chi connectivity index (χ2v) is 10.3. The molecule has 1 atom stereocenters. The average Bonchev–Trinajstić information content (AvgIpc) is 2.83. The van der Waals surface area contributed by atoms with Crippen LogP contribution in [0.2, 0.25) is 0 Å². The number of nitriles is 1. The fourth-order valence-corrected chi connectivity index (χ4v) is 4.79. The van der Waals surface area contributed by atoms with E-state index in [0.29, 0.717) is 18.2 Å². The molecule has 1 heterocycles. The van der Waals surface area contributed by atoms with Gasteiger partial charge in [0.25, 0.3) is 0 Å². The Bertz CT molecular complexity index is 1080. The minimum absolute atomic E-state index is 0.145. The van der Waals surface area contributed by atoms with Gasteiger partial charge in [0.15, 0.2) is 0 Å². The molecule has 34 heavy (non-hydrogen) atoms. The van der Waals surface area contributed by atoms with E-state index < -0.39 is 10.0 Å². The number of rotatable bonds is 11. The summed E-state index contributed by atoms with van der Waals surface area (Å²) in [6, 6.07) is 16.1. The smallest absolute Gasteiger partial charge is 0.208 e. The molecule has 0 bridgehead atoms. The van der Waals surface area contributed by atoms with Gasteiger partial charge in [0.1, 0.15) is 0 Å². The van der Waals surface area contributed by atoms with Gasteiger partial charge in [0, 0.05) is 51.1 Å². The Morgan fingerprint density at radius 2 is 1.91 bits per heavy atom. The molecule has 1 aliphatic heterocycles. The Hall–Kier alpha value is -2.64. The van der Waals surface area contributed by atoms with Crippen LogP contribution < -0.4 is 14.9 Å². The molecule has 0 aromatic heterocycles. The molecular formula is C25H34N4O4S. The Kier molecular flexibility index (Phi) is 9.30. The Labute approximate surface area is 202 Å². The molecule has 2 aromatic carbocycles. The van der Waals surface area contributed by atoms with Crippen LogP contribution in [0.1, 0.15) is 36.8 Å². The highest BCUT2D eigenvalue weighted by Crippen LogP contribution is 2.35. The van der Waals surface area contributed by atoms with Crippen molar-refractivity contribution in [2.24, 2.45) is 0 Å². The predicted octanol–water partition coefficient (Wildman–Crippen LogP) is 3.59. The summed E-state index contributed by atoms with van der Waals surface area (Å²) in [6.07, 6.45) is 3.10. The number of benzene rings is 2. The maximum absolute atomic E-state index is 11.7. The Morgan fingerprint density at radius 1 is 1.21 bits per heavy atom. The molecule has 8 nitrogen and oxygen atoms in total. The van der Waals surface area contributed by atoms with E-state index in [1.807, 2.05) is 12.1 Å². The maximum atomic E-state index is 11.7. The van der Waals surface area contributed by atoms with Crippen molar-refractivity contribution in [2.75, 3.05) is 56.5 Å². The number of anilines is 3. The second kappa shape index (κ2) is 12.2. The summed E-state index contributed by atoms with van der Waals surface area (Å²) < 4.78 is 36.9. The van der Waals surface area contributed by atoms with Crippen molar-refractivity contribution < 1.29 is 17.9 Å². The molecule has 0 spiro atoms. The van der Waals surface area contributed by atoms with E-state index in [0.717, 1.165) is 61.5 Å². The minimum atomic E-state index is -3.32. The van der Waals surface area contributed by atoms with E-state index in [2.05, 4.69) is 46.1 Å². The van der Waals surface area contributed by atoms with E-state index in [-0.39, 0.29) is 12.5 Å². The number of ether oxygens (including phenoxy) is 2. The topological polar surface area (TPSA) is 104 Å². The predicted molar refractivity (Wildman–Crippen MR) is 135 cm³/mol. The quantitative estimate of drug-likeness (QED) is 0.500. The second-order valence-electron chi connectivity index (χ2n) is 8.49. The van der Waals surface area contributed by atoms with Gasteiger partial charge >= 0.3 is 0 Å². The first-order valence-corrected chi connectivity index (χ1v) is 13.4. The lowest BCUT2D eigenvalue weighted by Crippen LogP contribution is -2.39. The summed E-state index contributed by atoms with van der Waals surface area (Å²) >= 11 is 0. The molecule has 0 radical (unpaired) electrons. The third-order valence-corrected chi connectivity index (χ3v) is 6.72. The van der Waals surface area contributed by atoms with Gasteiger partial charge in [-0.15, -0.1) is 0 Å². The van der Waals surface area contributed by atoms with Crippen molar-refractivity contribution >= 4 is 27.1 Å². The summed E-state index contributed by atoms with van der Waals surface area (Å²) in [5.41, 5.74) is 4.45. The monoisotopic (exact) mass is 486 g/mol. The molecule has 0 amide bonds. The Morgan fingerprint density at radius 3 is 2.50 bits per heavy atom. The zero-order chi connectivity index (χ0) is 24.6. The van der Waals surface area contributed by atoms with Crippen LogP contribution >= 0.6 is 0 Å². The molecule has 0 unspecified atom stereocenters. The van der Waals surface area contributed by atoms with Crippen LogP contribution in [0.15, 0.2) is 42.5 Å². The number of sulfonamides is 1. The first kappa shape index (κ1) is 26.0. The van der Waals surface area contributed by atoms with Gasteiger partial charge in [-0.1, -0.05) is 6.07 Å². The van der Waals surface area contributed by atoms with Crippen LogP contribution in [0.25, 0.3) is 0 Å². The molecule has 0 aliphatic carbocycles. The average molecular weight is 487 g/mol. The molecule has 2 aromatic rings. The van der Waals surface area contributed by atoms with Gasteiger partial charge in [-0.05, 0) is 61.7 Å². The lowest BCUT2D eigenvalue weighted by molar-refractivity contribution is 0.0846. The fourth-order valence-electron chi connectivity index (χ4n) is 4.29. The maximum Gasteiger partial charge on any atom is 0.208 e. The van der Waals surface area contributed by atoms with E-state index in [4.69, 9.17) is 14.7 Å². The first-order valence-electron chi connectivity index (χ1n) is 11.5. The molecule has 1 saturated heterocycles. The van der Waals surface area contributed by atoms with Gasteiger partial charge in [0.2, 0.25) is 10.0 Å². The van der Waals surface area contributed by atoms with Crippen LogP contribution in [0.4, 0.5) is 17.1 Å². The summed E-state index contributed by atoms with van der Waals surface area (Å²) in [5.74, 6) is -0.145. The van der Waals surface area contributed by atoms with Crippen LogP contribution in [0.5, 0.6) is 0 Å².